The Labute approximate surface area is 84.1 Å². The Hall–Kier alpha value is -1.30. The molecular formula is C9H19N3O2. The fourth-order valence-electron chi connectivity index (χ4n) is 0.742. The van der Waals surface area contributed by atoms with Crippen LogP contribution in [0.5, 0.6) is 11.5 Å². The Kier molecular flexibility index (Phi) is 10.6. The predicted octanol–water partition coefficient (Wildman–Crippen LogP) is -0.294. The molecule has 5 nitrogen and oxygen atoms in total. The van der Waals surface area contributed by atoms with Crippen molar-refractivity contribution < 1.29 is 10.2 Å². The number of hydrogen-bond acceptors (Lipinski definition) is 5. The van der Waals surface area contributed by atoms with Crippen LogP contribution < -0.4 is 17.2 Å². The van der Waals surface area contributed by atoms with Crippen molar-refractivity contribution in [2.24, 2.45) is 17.2 Å². The van der Waals surface area contributed by atoms with Gasteiger partial charge in [-0.2, -0.15) is 0 Å². The van der Waals surface area contributed by atoms with Gasteiger partial charge in [0.25, 0.3) is 0 Å². The smallest absolute Gasteiger partial charge is 0.161 e. The van der Waals surface area contributed by atoms with Crippen molar-refractivity contribution in [2.45, 2.75) is 6.54 Å². The summed E-state index contributed by atoms with van der Waals surface area (Å²) >= 11 is 0. The summed E-state index contributed by atoms with van der Waals surface area (Å²) < 4.78 is 0. The summed E-state index contributed by atoms with van der Waals surface area (Å²) in [7, 11) is 3.00. The Balaban J connectivity index is 0. The lowest BCUT2D eigenvalue weighted by molar-refractivity contribution is 0.399. The third kappa shape index (κ3) is 4.66. The van der Waals surface area contributed by atoms with E-state index in [1.807, 2.05) is 0 Å². The van der Waals surface area contributed by atoms with Gasteiger partial charge < -0.3 is 27.4 Å². The van der Waals surface area contributed by atoms with Crippen LogP contribution in [0.2, 0.25) is 0 Å². The lowest BCUT2D eigenvalue weighted by Gasteiger charge is -2.01. The molecule has 0 heterocycles. The molecule has 0 aliphatic carbocycles. The molecule has 0 amide bonds. The lowest BCUT2D eigenvalue weighted by Crippen LogP contribution is -1.95. The molecule has 0 aromatic heterocycles. The van der Waals surface area contributed by atoms with Crippen molar-refractivity contribution in [1.29, 1.82) is 0 Å². The average Bonchev–Trinajstić information content (AvgIpc) is 2.28. The van der Waals surface area contributed by atoms with Gasteiger partial charge in [-0.15, -0.1) is 0 Å². The largest absolute Gasteiger partial charge is 0.504 e. The summed E-state index contributed by atoms with van der Waals surface area (Å²) in [5, 5.41) is 18.0. The summed E-state index contributed by atoms with van der Waals surface area (Å²) in [6.45, 7) is 0.236. The van der Waals surface area contributed by atoms with E-state index in [0.29, 0.717) is 5.56 Å². The highest BCUT2D eigenvalue weighted by Gasteiger charge is 2.01. The van der Waals surface area contributed by atoms with Gasteiger partial charge >= 0.3 is 0 Å². The van der Waals surface area contributed by atoms with Crippen LogP contribution in [0.15, 0.2) is 18.2 Å². The third-order valence-electron chi connectivity index (χ3n) is 1.32. The van der Waals surface area contributed by atoms with Gasteiger partial charge in [0.2, 0.25) is 0 Å². The van der Waals surface area contributed by atoms with E-state index in [1.165, 1.54) is 20.2 Å². The molecule has 0 bridgehead atoms. The van der Waals surface area contributed by atoms with Crippen LogP contribution in [0.4, 0.5) is 0 Å². The number of aromatic hydroxyl groups is 2. The van der Waals surface area contributed by atoms with Gasteiger partial charge in [-0.1, -0.05) is 12.1 Å². The predicted molar refractivity (Wildman–Crippen MR) is 57.9 cm³/mol. The van der Waals surface area contributed by atoms with Gasteiger partial charge in [0.1, 0.15) is 0 Å². The number of phenolic OH excluding ortho intramolecular Hbond substituents is 2. The van der Waals surface area contributed by atoms with E-state index in [1.54, 1.807) is 12.1 Å². The second-order valence-electron chi connectivity index (χ2n) is 1.99. The first kappa shape index (κ1) is 15.2. The highest BCUT2D eigenvalue weighted by Crippen LogP contribution is 2.27. The molecule has 0 spiro atoms. The lowest BCUT2D eigenvalue weighted by atomic mass is 10.2. The van der Waals surface area contributed by atoms with Gasteiger partial charge in [-0.25, -0.2) is 0 Å². The van der Waals surface area contributed by atoms with Crippen LogP contribution in [0.25, 0.3) is 0 Å². The summed E-state index contributed by atoms with van der Waals surface area (Å²) in [4.78, 5) is 0. The van der Waals surface area contributed by atoms with Gasteiger partial charge in [-0.3, -0.25) is 0 Å². The fourth-order valence-corrected chi connectivity index (χ4v) is 0.742. The number of phenols is 2. The van der Waals surface area contributed by atoms with Crippen LogP contribution in [0, 0.1) is 0 Å². The molecule has 0 saturated heterocycles. The number of hydrogen-bond donors (Lipinski definition) is 5. The van der Waals surface area contributed by atoms with Crippen molar-refractivity contribution in [2.75, 3.05) is 14.1 Å². The normalized spacial score (nSPS) is 7.79. The molecule has 5 heteroatoms. The SMILES string of the molecule is CN.CN.NCc1cccc(O)c1O. The van der Waals surface area contributed by atoms with Gasteiger partial charge in [-0.05, 0) is 20.2 Å². The van der Waals surface area contributed by atoms with E-state index < -0.39 is 0 Å². The van der Waals surface area contributed by atoms with Crippen LogP contribution in [-0.4, -0.2) is 24.3 Å². The first-order valence-electron chi connectivity index (χ1n) is 4.11. The molecule has 0 fully saturated rings. The Bertz CT molecular complexity index is 241. The standard InChI is InChI=1S/C7H9NO2.2CH5N/c8-4-5-2-1-3-6(9)7(5)10;2*1-2/h1-3,9-10H,4,8H2;2*2H2,1H3. The molecule has 1 aromatic rings. The summed E-state index contributed by atoms with van der Waals surface area (Å²) in [5.74, 6) is -0.243. The Morgan fingerprint density at radius 3 is 1.93 bits per heavy atom. The molecule has 82 valence electrons. The molecule has 1 rings (SSSR count). The van der Waals surface area contributed by atoms with Crippen LogP contribution in [0.1, 0.15) is 5.56 Å². The number of benzene rings is 1. The summed E-state index contributed by atoms with van der Waals surface area (Å²) in [6, 6.07) is 4.71. The first-order chi connectivity index (χ1) is 6.75. The second-order valence-corrected chi connectivity index (χ2v) is 1.99. The van der Waals surface area contributed by atoms with E-state index in [9.17, 15) is 0 Å². The average molecular weight is 201 g/mol. The molecule has 8 N–H and O–H groups in total. The zero-order valence-electron chi connectivity index (χ0n) is 8.57. The highest BCUT2D eigenvalue weighted by atomic mass is 16.3. The molecule has 0 saturated carbocycles. The Morgan fingerprint density at radius 1 is 1.07 bits per heavy atom. The van der Waals surface area contributed by atoms with Crippen LogP contribution >= 0.6 is 0 Å². The maximum atomic E-state index is 9.07. The molecule has 0 aliphatic rings. The van der Waals surface area contributed by atoms with E-state index in [4.69, 9.17) is 15.9 Å². The van der Waals surface area contributed by atoms with Crippen molar-refractivity contribution in [3.63, 3.8) is 0 Å². The monoisotopic (exact) mass is 201 g/mol. The van der Waals surface area contributed by atoms with Crippen molar-refractivity contribution in [1.82, 2.24) is 0 Å². The number of para-hydroxylation sites is 1. The minimum atomic E-state index is -0.122. The van der Waals surface area contributed by atoms with E-state index in [0.717, 1.165) is 0 Å². The molecular weight excluding hydrogens is 182 g/mol. The Morgan fingerprint density at radius 2 is 1.57 bits per heavy atom. The van der Waals surface area contributed by atoms with E-state index in [2.05, 4.69) is 11.5 Å². The topological polar surface area (TPSA) is 119 Å². The van der Waals surface area contributed by atoms with Gasteiger partial charge in [0.05, 0.1) is 0 Å². The summed E-state index contributed by atoms with van der Waals surface area (Å²) in [5.41, 5.74) is 14.8. The highest BCUT2D eigenvalue weighted by molar-refractivity contribution is 5.43. The fraction of sp³-hybridized carbons (Fsp3) is 0.333. The molecule has 0 radical (unpaired) electrons. The minimum absolute atomic E-state index is 0.120. The molecule has 0 atom stereocenters. The van der Waals surface area contributed by atoms with E-state index in [-0.39, 0.29) is 18.0 Å². The van der Waals surface area contributed by atoms with Crippen LogP contribution in [-0.2, 0) is 6.54 Å². The maximum absolute atomic E-state index is 9.07. The zero-order chi connectivity index (χ0) is 11.6. The van der Waals surface area contributed by atoms with Gasteiger partial charge in [0.15, 0.2) is 11.5 Å². The number of nitrogens with two attached hydrogens (primary N) is 3. The van der Waals surface area contributed by atoms with Crippen molar-refractivity contribution in [3.8, 4) is 11.5 Å². The summed E-state index contributed by atoms with van der Waals surface area (Å²) in [6.07, 6.45) is 0. The van der Waals surface area contributed by atoms with E-state index >= 15 is 0 Å². The molecule has 14 heavy (non-hydrogen) atoms. The zero-order valence-corrected chi connectivity index (χ0v) is 8.57. The van der Waals surface area contributed by atoms with Gasteiger partial charge in [0, 0.05) is 12.1 Å². The quantitative estimate of drug-likeness (QED) is 0.400. The molecule has 0 unspecified atom stereocenters. The maximum Gasteiger partial charge on any atom is 0.161 e. The third-order valence-corrected chi connectivity index (χ3v) is 1.32. The number of rotatable bonds is 1. The first-order valence-corrected chi connectivity index (χ1v) is 4.11. The minimum Gasteiger partial charge on any atom is -0.504 e. The second kappa shape index (κ2) is 9.79. The molecule has 1 aromatic carbocycles. The molecule has 0 aliphatic heterocycles. The van der Waals surface area contributed by atoms with Crippen LogP contribution in [0.3, 0.4) is 0 Å². The van der Waals surface area contributed by atoms with Crippen molar-refractivity contribution >= 4 is 0 Å². The van der Waals surface area contributed by atoms with Crippen molar-refractivity contribution in [3.05, 3.63) is 23.8 Å².